The molecule has 2 aliphatic heterocycles. The summed E-state index contributed by atoms with van der Waals surface area (Å²) in [6.45, 7) is 0.954. The van der Waals surface area contributed by atoms with Crippen LogP contribution in [0, 0.1) is 0 Å². The molecule has 1 aromatic rings. The zero-order valence-electron chi connectivity index (χ0n) is 25.9. The lowest BCUT2D eigenvalue weighted by atomic mass is 9.93. The average Bonchev–Trinajstić information content (AvgIpc) is 3.53. The number of amides is 6. The molecule has 0 radical (unpaired) electrons. The van der Waals surface area contributed by atoms with Crippen LogP contribution in [-0.2, 0) is 9.53 Å². The second-order valence-electron chi connectivity index (χ2n) is 13.1. The first-order valence-electron chi connectivity index (χ1n) is 17.0. The molecule has 44 heavy (non-hydrogen) atoms. The van der Waals surface area contributed by atoms with Crippen molar-refractivity contribution in [2.45, 2.75) is 120 Å². The van der Waals surface area contributed by atoms with Crippen molar-refractivity contribution in [3.8, 4) is 0 Å². The number of urea groups is 2. The molecule has 0 bridgehead atoms. The number of rotatable bonds is 7. The summed E-state index contributed by atoms with van der Waals surface area (Å²) in [5.41, 5.74) is 0.629. The van der Waals surface area contributed by atoms with Gasteiger partial charge >= 0.3 is 18.2 Å². The van der Waals surface area contributed by atoms with Crippen molar-refractivity contribution in [2.75, 3.05) is 31.6 Å². The summed E-state index contributed by atoms with van der Waals surface area (Å²) in [5, 5.41) is 5.98. The van der Waals surface area contributed by atoms with E-state index >= 15 is 0 Å². The van der Waals surface area contributed by atoms with Gasteiger partial charge in [0, 0.05) is 43.4 Å². The van der Waals surface area contributed by atoms with Gasteiger partial charge in [-0.2, -0.15) is 0 Å². The largest absolute Gasteiger partial charge is 0.448 e. The lowest BCUT2D eigenvalue weighted by Gasteiger charge is -2.47. The van der Waals surface area contributed by atoms with Crippen LogP contribution in [0.3, 0.4) is 0 Å². The zero-order chi connectivity index (χ0) is 30.5. The van der Waals surface area contributed by atoms with Gasteiger partial charge in [0.15, 0.2) is 0 Å². The van der Waals surface area contributed by atoms with Gasteiger partial charge in [0.25, 0.3) is 11.7 Å². The van der Waals surface area contributed by atoms with Crippen molar-refractivity contribution >= 4 is 29.8 Å². The number of carbonyl (C=O) groups is 4. The molecule has 0 aromatic heterocycles. The lowest BCUT2D eigenvalue weighted by Crippen LogP contribution is -2.71. The summed E-state index contributed by atoms with van der Waals surface area (Å²) in [4.78, 5) is 63.1. The van der Waals surface area contributed by atoms with Crippen molar-refractivity contribution in [2.24, 2.45) is 0 Å². The first kappa shape index (κ1) is 30.7. The van der Waals surface area contributed by atoms with E-state index in [-0.39, 0.29) is 49.2 Å². The predicted octanol–water partition coefficient (Wildman–Crippen LogP) is 5.48. The van der Waals surface area contributed by atoms with Crippen LogP contribution in [0.4, 0.5) is 20.1 Å². The Balaban J connectivity index is 1.30. The molecule has 6 rings (SSSR count). The SMILES string of the molecule is O=C(Nc1ccccc1)OCCN1CCN(C(=O)NC2CCCCC2)C12C(=O)N(C1CCCCC1)C(=O)N2C1CCCCC1. The second-order valence-corrected chi connectivity index (χ2v) is 13.1. The molecule has 11 heteroatoms. The fourth-order valence-corrected chi connectivity index (χ4v) is 8.18. The lowest BCUT2D eigenvalue weighted by molar-refractivity contribution is -0.157. The number of nitrogens with zero attached hydrogens (tertiary/aromatic N) is 4. The Kier molecular flexibility index (Phi) is 9.59. The quantitative estimate of drug-likeness (QED) is 0.397. The molecule has 11 nitrogen and oxygen atoms in total. The number of anilines is 1. The third-order valence-corrected chi connectivity index (χ3v) is 10.3. The van der Waals surface area contributed by atoms with E-state index in [4.69, 9.17) is 4.74 Å². The van der Waals surface area contributed by atoms with E-state index < -0.39 is 11.9 Å². The number of carbonyl (C=O) groups excluding carboxylic acids is 4. The van der Waals surface area contributed by atoms with E-state index in [2.05, 4.69) is 10.6 Å². The Morgan fingerprint density at radius 1 is 0.795 bits per heavy atom. The van der Waals surface area contributed by atoms with Crippen molar-refractivity contribution in [1.82, 2.24) is 24.9 Å². The fourth-order valence-electron chi connectivity index (χ4n) is 8.18. The smallest absolute Gasteiger partial charge is 0.411 e. The first-order chi connectivity index (χ1) is 21.5. The summed E-state index contributed by atoms with van der Waals surface area (Å²) in [5.74, 6) is -1.88. The van der Waals surface area contributed by atoms with Gasteiger partial charge in [0.05, 0.1) is 0 Å². The molecule has 1 aromatic carbocycles. The van der Waals surface area contributed by atoms with Gasteiger partial charge in [-0.1, -0.05) is 76.0 Å². The van der Waals surface area contributed by atoms with Crippen LogP contribution < -0.4 is 10.6 Å². The van der Waals surface area contributed by atoms with Crippen molar-refractivity contribution in [1.29, 1.82) is 0 Å². The third kappa shape index (κ3) is 5.99. The maximum atomic E-state index is 14.9. The molecule has 5 fully saturated rings. The maximum Gasteiger partial charge on any atom is 0.411 e. The summed E-state index contributed by atoms with van der Waals surface area (Å²) < 4.78 is 5.57. The first-order valence-corrected chi connectivity index (χ1v) is 17.0. The van der Waals surface area contributed by atoms with Gasteiger partial charge in [-0.15, -0.1) is 0 Å². The van der Waals surface area contributed by atoms with E-state index in [0.29, 0.717) is 18.8 Å². The normalized spacial score (nSPS) is 26.0. The molecule has 3 saturated carbocycles. The molecule has 1 spiro atoms. The van der Waals surface area contributed by atoms with Crippen molar-refractivity contribution < 1.29 is 23.9 Å². The molecule has 240 valence electrons. The van der Waals surface area contributed by atoms with Gasteiger partial charge < -0.3 is 10.1 Å². The monoisotopic (exact) mass is 608 g/mol. The highest BCUT2D eigenvalue weighted by Crippen LogP contribution is 2.44. The van der Waals surface area contributed by atoms with E-state index in [1.54, 1.807) is 21.9 Å². The van der Waals surface area contributed by atoms with Crippen LogP contribution in [0.1, 0.15) is 96.3 Å². The topological polar surface area (TPSA) is 115 Å². The second kappa shape index (κ2) is 13.7. The highest BCUT2D eigenvalue weighted by atomic mass is 16.5. The van der Waals surface area contributed by atoms with Crippen molar-refractivity contribution in [3.63, 3.8) is 0 Å². The van der Waals surface area contributed by atoms with Crippen LogP contribution >= 0.6 is 0 Å². The molecule has 6 amide bonds. The highest BCUT2D eigenvalue weighted by Gasteiger charge is 2.70. The van der Waals surface area contributed by atoms with E-state index in [0.717, 1.165) is 89.9 Å². The minimum Gasteiger partial charge on any atom is -0.448 e. The fraction of sp³-hybridized carbons (Fsp3) is 0.697. The Bertz CT molecular complexity index is 1180. The van der Waals surface area contributed by atoms with Gasteiger partial charge in [0.1, 0.15) is 6.61 Å². The molecule has 1 atom stereocenters. The van der Waals surface area contributed by atoms with Gasteiger partial charge in [0.2, 0.25) is 0 Å². The summed E-state index contributed by atoms with van der Waals surface area (Å²) in [7, 11) is 0. The number of imide groups is 1. The van der Waals surface area contributed by atoms with E-state index in [9.17, 15) is 19.2 Å². The van der Waals surface area contributed by atoms with Crippen LogP contribution in [-0.4, -0.2) is 93.8 Å². The maximum absolute atomic E-state index is 14.9. The van der Waals surface area contributed by atoms with Crippen LogP contribution in [0.2, 0.25) is 0 Å². The number of hydrogen-bond donors (Lipinski definition) is 2. The van der Waals surface area contributed by atoms with E-state index in [1.165, 1.54) is 11.3 Å². The highest BCUT2D eigenvalue weighted by molar-refractivity contribution is 6.08. The van der Waals surface area contributed by atoms with Crippen LogP contribution in [0.15, 0.2) is 30.3 Å². The Morgan fingerprint density at radius 3 is 2.07 bits per heavy atom. The predicted molar refractivity (Wildman–Crippen MR) is 166 cm³/mol. The number of hydrogen-bond acceptors (Lipinski definition) is 6. The number of benzene rings is 1. The Hall–Kier alpha value is -3.34. The number of para-hydroxylation sites is 1. The minimum absolute atomic E-state index is 0.0158. The third-order valence-electron chi connectivity index (χ3n) is 10.3. The molecule has 2 saturated heterocycles. The van der Waals surface area contributed by atoms with Crippen LogP contribution in [0.25, 0.3) is 0 Å². The van der Waals surface area contributed by atoms with E-state index in [1.807, 2.05) is 23.1 Å². The molecule has 1 unspecified atom stereocenters. The van der Waals surface area contributed by atoms with Crippen molar-refractivity contribution in [3.05, 3.63) is 30.3 Å². The zero-order valence-corrected chi connectivity index (χ0v) is 25.9. The molecular formula is C33H48N6O5. The Morgan fingerprint density at radius 2 is 1.41 bits per heavy atom. The molecular weight excluding hydrogens is 560 g/mol. The number of ether oxygens (including phenoxy) is 1. The van der Waals surface area contributed by atoms with Crippen LogP contribution in [0.5, 0.6) is 0 Å². The standard InChI is InChI=1S/C33H48N6O5/c40-29-33(39(28-19-11-4-12-20-28)32(43)38(29)27-17-9-3-10-18-27)36(23-24-44-31(42)35-26-15-7-2-8-16-26)21-22-37(33)30(41)34-25-13-5-1-6-14-25/h2,7-8,15-16,25,27-28H,1,3-6,9-14,17-24H2,(H,34,41)(H,35,42). The summed E-state index contributed by atoms with van der Waals surface area (Å²) in [6, 6.07) is 8.32. The molecule has 2 heterocycles. The molecule has 2 N–H and O–H groups in total. The molecule has 5 aliphatic rings. The summed E-state index contributed by atoms with van der Waals surface area (Å²) >= 11 is 0. The average molecular weight is 609 g/mol. The van der Waals surface area contributed by atoms with Gasteiger partial charge in [-0.25, -0.2) is 19.3 Å². The van der Waals surface area contributed by atoms with Gasteiger partial charge in [-0.05, 0) is 50.7 Å². The molecule has 3 aliphatic carbocycles. The van der Waals surface area contributed by atoms with Gasteiger partial charge in [-0.3, -0.25) is 24.8 Å². The summed E-state index contributed by atoms with van der Waals surface area (Å²) in [6.07, 6.45) is 13.9. The minimum atomic E-state index is -1.56. The number of nitrogens with one attached hydrogen (secondary N) is 2. The Labute approximate surface area is 260 Å².